The van der Waals surface area contributed by atoms with Crippen molar-refractivity contribution in [2.24, 2.45) is 0 Å². The molecule has 2 aromatic carbocycles. The van der Waals surface area contributed by atoms with Crippen molar-refractivity contribution in [3.63, 3.8) is 0 Å². The van der Waals surface area contributed by atoms with Crippen LogP contribution >= 0.6 is 0 Å². The number of nitrogens with one attached hydrogen (secondary N) is 1. The van der Waals surface area contributed by atoms with Gasteiger partial charge in [0.25, 0.3) is 5.69 Å². The van der Waals surface area contributed by atoms with Gasteiger partial charge in [-0.3, -0.25) is 14.9 Å². The maximum absolute atomic E-state index is 12.0. The molecule has 0 aromatic heterocycles. The molecule has 0 fully saturated rings. The Morgan fingerprint density at radius 3 is 2.20 bits per heavy atom. The number of carbonyl (C=O) groups excluding carboxylic acids is 2. The second kappa shape index (κ2) is 8.05. The molecule has 0 atom stereocenters. The van der Waals surface area contributed by atoms with Crippen molar-refractivity contribution < 1.29 is 19.2 Å². The van der Waals surface area contributed by atoms with Crippen LogP contribution in [0.3, 0.4) is 0 Å². The highest BCUT2D eigenvalue weighted by atomic mass is 16.6. The number of benzene rings is 2. The van der Waals surface area contributed by atoms with Crippen LogP contribution < -0.4 is 5.32 Å². The van der Waals surface area contributed by atoms with Crippen LogP contribution in [0, 0.1) is 10.1 Å². The van der Waals surface area contributed by atoms with E-state index in [0.29, 0.717) is 16.8 Å². The van der Waals surface area contributed by atoms with Crippen LogP contribution in [-0.2, 0) is 16.0 Å². The van der Waals surface area contributed by atoms with Gasteiger partial charge in [-0.25, -0.2) is 4.79 Å². The molecule has 0 saturated carbocycles. The number of rotatable bonds is 6. The van der Waals surface area contributed by atoms with Crippen LogP contribution in [0.2, 0.25) is 0 Å². The van der Waals surface area contributed by atoms with E-state index in [4.69, 9.17) is 4.74 Å². The number of amides is 1. The molecule has 0 heterocycles. The molecule has 2 aromatic rings. The first kappa shape index (κ1) is 18.1. The van der Waals surface area contributed by atoms with E-state index >= 15 is 0 Å². The number of hydrogen-bond acceptors (Lipinski definition) is 5. The van der Waals surface area contributed by atoms with E-state index in [0.717, 1.165) is 0 Å². The zero-order chi connectivity index (χ0) is 18.4. The molecule has 0 aliphatic rings. The van der Waals surface area contributed by atoms with Gasteiger partial charge in [-0.2, -0.15) is 0 Å². The van der Waals surface area contributed by atoms with E-state index in [1.807, 2.05) is 0 Å². The molecule has 0 radical (unpaired) electrons. The summed E-state index contributed by atoms with van der Waals surface area (Å²) in [6, 6.07) is 12.2. The maximum atomic E-state index is 12.0. The zero-order valence-corrected chi connectivity index (χ0v) is 13.9. The molecule has 7 nitrogen and oxygen atoms in total. The van der Waals surface area contributed by atoms with Crippen molar-refractivity contribution in [1.29, 1.82) is 0 Å². The van der Waals surface area contributed by atoms with Gasteiger partial charge in [-0.05, 0) is 43.7 Å². The van der Waals surface area contributed by atoms with Gasteiger partial charge in [0, 0.05) is 17.8 Å². The molecular weight excluding hydrogens is 324 g/mol. The second-order valence-electron chi connectivity index (χ2n) is 5.68. The molecule has 1 amide bonds. The third kappa shape index (κ3) is 5.42. The molecule has 25 heavy (non-hydrogen) atoms. The summed E-state index contributed by atoms with van der Waals surface area (Å²) in [7, 11) is 0. The summed E-state index contributed by atoms with van der Waals surface area (Å²) < 4.78 is 5.09. The predicted molar refractivity (Wildman–Crippen MR) is 92.4 cm³/mol. The van der Waals surface area contributed by atoms with Gasteiger partial charge in [0.05, 0.1) is 23.0 Å². The number of esters is 1. The topological polar surface area (TPSA) is 98.5 Å². The number of ether oxygens (including phenoxy) is 1. The normalized spacial score (nSPS) is 10.4. The number of nitro benzene ring substituents is 1. The average molecular weight is 342 g/mol. The van der Waals surface area contributed by atoms with Gasteiger partial charge in [-0.1, -0.05) is 12.1 Å². The summed E-state index contributed by atoms with van der Waals surface area (Å²) in [6.45, 7) is 3.54. The first-order chi connectivity index (χ1) is 11.8. The average Bonchev–Trinajstić information content (AvgIpc) is 2.55. The molecule has 0 bridgehead atoms. The lowest BCUT2D eigenvalue weighted by Crippen LogP contribution is -2.15. The summed E-state index contributed by atoms with van der Waals surface area (Å²) in [4.78, 5) is 33.9. The highest BCUT2D eigenvalue weighted by Crippen LogP contribution is 2.14. The Kier molecular flexibility index (Phi) is 5.84. The maximum Gasteiger partial charge on any atom is 0.338 e. The Labute approximate surface area is 144 Å². The fourth-order valence-corrected chi connectivity index (χ4v) is 2.10. The molecule has 0 unspecified atom stereocenters. The van der Waals surface area contributed by atoms with Crippen molar-refractivity contribution in [3.8, 4) is 0 Å². The van der Waals surface area contributed by atoms with Gasteiger partial charge in [-0.15, -0.1) is 0 Å². The number of nitro groups is 1. The van der Waals surface area contributed by atoms with Gasteiger partial charge in [0.15, 0.2) is 0 Å². The van der Waals surface area contributed by atoms with E-state index < -0.39 is 10.9 Å². The minimum Gasteiger partial charge on any atom is -0.459 e. The first-order valence-electron chi connectivity index (χ1n) is 7.69. The number of non-ortho nitro benzene ring substituents is 1. The van der Waals surface area contributed by atoms with E-state index in [-0.39, 0.29) is 24.1 Å². The third-order valence-corrected chi connectivity index (χ3v) is 3.26. The lowest BCUT2D eigenvalue weighted by molar-refractivity contribution is -0.384. The lowest BCUT2D eigenvalue weighted by Gasteiger charge is -2.09. The van der Waals surface area contributed by atoms with Crippen molar-refractivity contribution in [1.82, 2.24) is 0 Å². The molecule has 7 heteroatoms. The van der Waals surface area contributed by atoms with Crippen LogP contribution in [0.25, 0.3) is 0 Å². The molecule has 0 aliphatic carbocycles. The number of hydrogen-bond donors (Lipinski definition) is 1. The van der Waals surface area contributed by atoms with E-state index in [9.17, 15) is 19.7 Å². The Morgan fingerprint density at radius 1 is 1.08 bits per heavy atom. The minimum atomic E-state index is -0.490. The summed E-state index contributed by atoms with van der Waals surface area (Å²) in [6.07, 6.45) is -0.108. The SMILES string of the molecule is CC(C)OC(=O)c1ccc(NC(=O)Cc2ccc([N+](=O)[O-])cc2)cc1. The Hall–Kier alpha value is -3.22. The second-order valence-corrected chi connectivity index (χ2v) is 5.68. The van der Waals surface area contributed by atoms with Gasteiger partial charge in [0.1, 0.15) is 0 Å². The van der Waals surface area contributed by atoms with Gasteiger partial charge < -0.3 is 10.1 Å². The summed E-state index contributed by atoms with van der Waals surface area (Å²) in [5.74, 6) is -0.676. The van der Waals surface area contributed by atoms with Crippen LogP contribution in [-0.4, -0.2) is 22.9 Å². The summed E-state index contributed by atoms with van der Waals surface area (Å²) >= 11 is 0. The van der Waals surface area contributed by atoms with E-state index in [1.54, 1.807) is 50.2 Å². The van der Waals surface area contributed by atoms with Crippen molar-refractivity contribution in [3.05, 3.63) is 69.8 Å². The highest BCUT2D eigenvalue weighted by molar-refractivity contribution is 5.94. The van der Waals surface area contributed by atoms with Crippen molar-refractivity contribution >= 4 is 23.3 Å². The predicted octanol–water partition coefficient (Wildman–Crippen LogP) is 3.34. The summed E-state index contributed by atoms with van der Waals surface area (Å²) in [5.41, 5.74) is 1.60. The Balaban J connectivity index is 1.94. The lowest BCUT2D eigenvalue weighted by atomic mass is 10.1. The fourth-order valence-electron chi connectivity index (χ4n) is 2.10. The van der Waals surface area contributed by atoms with Crippen LogP contribution in [0.5, 0.6) is 0 Å². The third-order valence-electron chi connectivity index (χ3n) is 3.26. The smallest absolute Gasteiger partial charge is 0.338 e. The number of anilines is 1. The molecule has 2 rings (SSSR count). The molecule has 1 N–H and O–H groups in total. The van der Waals surface area contributed by atoms with Crippen LogP contribution in [0.1, 0.15) is 29.8 Å². The standard InChI is InChI=1S/C18H18N2O5/c1-12(2)25-18(22)14-5-7-15(8-6-14)19-17(21)11-13-3-9-16(10-4-13)20(23)24/h3-10,12H,11H2,1-2H3,(H,19,21). The minimum absolute atomic E-state index is 0.0203. The quantitative estimate of drug-likeness (QED) is 0.493. The summed E-state index contributed by atoms with van der Waals surface area (Å²) in [5, 5.41) is 13.3. The molecule has 130 valence electrons. The Bertz CT molecular complexity index is 767. The fraction of sp³-hybridized carbons (Fsp3) is 0.222. The molecule has 0 aliphatic heterocycles. The highest BCUT2D eigenvalue weighted by Gasteiger charge is 2.10. The zero-order valence-electron chi connectivity index (χ0n) is 13.9. The van der Waals surface area contributed by atoms with Crippen LogP contribution in [0.4, 0.5) is 11.4 Å². The first-order valence-corrected chi connectivity index (χ1v) is 7.69. The monoisotopic (exact) mass is 342 g/mol. The molecular formula is C18H18N2O5. The number of carbonyl (C=O) groups is 2. The van der Waals surface area contributed by atoms with Crippen molar-refractivity contribution in [2.75, 3.05) is 5.32 Å². The van der Waals surface area contributed by atoms with Gasteiger partial charge >= 0.3 is 5.97 Å². The van der Waals surface area contributed by atoms with E-state index in [2.05, 4.69) is 5.32 Å². The molecule has 0 saturated heterocycles. The Morgan fingerprint density at radius 2 is 1.68 bits per heavy atom. The molecule has 0 spiro atoms. The van der Waals surface area contributed by atoms with E-state index in [1.165, 1.54) is 12.1 Å². The van der Waals surface area contributed by atoms with Crippen molar-refractivity contribution in [2.45, 2.75) is 26.4 Å². The number of nitrogens with zero attached hydrogens (tertiary/aromatic N) is 1. The van der Waals surface area contributed by atoms with Crippen LogP contribution in [0.15, 0.2) is 48.5 Å². The van der Waals surface area contributed by atoms with Gasteiger partial charge in [0.2, 0.25) is 5.91 Å². The largest absolute Gasteiger partial charge is 0.459 e.